The Labute approximate surface area is 175 Å². The highest BCUT2D eigenvalue weighted by Gasteiger charge is 2.25. The number of rotatable bonds is 8. The molecule has 1 N–H and O–H groups in total. The molecule has 29 heavy (non-hydrogen) atoms. The Kier molecular flexibility index (Phi) is 7.92. The van der Waals surface area contributed by atoms with Crippen molar-refractivity contribution < 1.29 is 19.1 Å². The molecule has 2 aromatic rings. The summed E-state index contributed by atoms with van der Waals surface area (Å²) in [7, 11) is 5.03. The molecular formula is C21H27N3O4S. The maximum absolute atomic E-state index is 12.7. The summed E-state index contributed by atoms with van der Waals surface area (Å²) in [5.74, 6) is -0.863. The van der Waals surface area contributed by atoms with Crippen molar-refractivity contribution in [2.45, 2.75) is 13.8 Å². The highest BCUT2D eigenvalue weighted by atomic mass is 32.1. The summed E-state index contributed by atoms with van der Waals surface area (Å²) in [4.78, 5) is 41.0. The largest absolute Gasteiger partial charge is 0.462 e. The van der Waals surface area contributed by atoms with Crippen molar-refractivity contribution >= 4 is 34.1 Å². The molecule has 1 heterocycles. The number of likely N-dealkylation sites (N-methyl/N-ethyl adjacent to an activating group) is 2. The van der Waals surface area contributed by atoms with Crippen LogP contribution in [0.25, 0.3) is 11.1 Å². The number of anilines is 1. The minimum absolute atomic E-state index is 0.0272. The van der Waals surface area contributed by atoms with Crippen molar-refractivity contribution in [3.05, 3.63) is 40.8 Å². The number of amides is 2. The third-order valence-corrected chi connectivity index (χ3v) is 5.22. The number of carbonyl (C=O) groups is 3. The van der Waals surface area contributed by atoms with Gasteiger partial charge in [-0.15, -0.1) is 11.3 Å². The summed E-state index contributed by atoms with van der Waals surface area (Å²) in [5, 5.41) is 3.28. The molecule has 1 aromatic carbocycles. The van der Waals surface area contributed by atoms with Gasteiger partial charge >= 0.3 is 5.97 Å². The van der Waals surface area contributed by atoms with E-state index in [9.17, 15) is 14.4 Å². The maximum Gasteiger partial charge on any atom is 0.341 e. The highest BCUT2D eigenvalue weighted by Crippen LogP contribution is 2.40. The third kappa shape index (κ3) is 5.88. The van der Waals surface area contributed by atoms with E-state index in [-0.39, 0.29) is 31.5 Å². The molecule has 2 rings (SSSR count). The van der Waals surface area contributed by atoms with Gasteiger partial charge in [-0.25, -0.2) is 4.79 Å². The van der Waals surface area contributed by atoms with E-state index in [1.54, 1.807) is 33.0 Å². The number of carbonyl (C=O) groups excluding carboxylic acids is 3. The van der Waals surface area contributed by atoms with Crippen molar-refractivity contribution in [3.63, 3.8) is 0 Å². The first-order valence-electron chi connectivity index (χ1n) is 9.29. The fourth-order valence-electron chi connectivity index (χ4n) is 2.82. The van der Waals surface area contributed by atoms with E-state index in [0.29, 0.717) is 10.6 Å². The smallest absolute Gasteiger partial charge is 0.341 e. The van der Waals surface area contributed by atoms with Crippen LogP contribution in [0.2, 0.25) is 0 Å². The normalized spacial score (nSPS) is 10.7. The zero-order chi connectivity index (χ0) is 21.6. The van der Waals surface area contributed by atoms with Crippen LogP contribution in [0.4, 0.5) is 5.00 Å². The first kappa shape index (κ1) is 22.6. The van der Waals surface area contributed by atoms with E-state index in [2.05, 4.69) is 5.32 Å². The van der Waals surface area contributed by atoms with Gasteiger partial charge in [0.2, 0.25) is 11.8 Å². The second kappa shape index (κ2) is 10.2. The minimum atomic E-state index is -0.470. The Morgan fingerprint density at radius 3 is 2.31 bits per heavy atom. The van der Waals surface area contributed by atoms with Crippen LogP contribution >= 0.6 is 11.3 Å². The molecule has 0 atom stereocenters. The van der Waals surface area contributed by atoms with E-state index < -0.39 is 5.97 Å². The number of esters is 1. The minimum Gasteiger partial charge on any atom is -0.462 e. The SMILES string of the molecule is CCOC(=O)c1c(NC(=O)CN(C)CC(=O)N(C)C)sc(C)c1-c1ccccc1. The predicted molar refractivity (Wildman–Crippen MR) is 115 cm³/mol. The number of hydrogen-bond acceptors (Lipinski definition) is 6. The lowest BCUT2D eigenvalue weighted by atomic mass is 10.0. The second-order valence-electron chi connectivity index (χ2n) is 6.83. The van der Waals surface area contributed by atoms with Gasteiger partial charge in [0.05, 0.1) is 19.7 Å². The maximum atomic E-state index is 12.7. The monoisotopic (exact) mass is 417 g/mol. The van der Waals surface area contributed by atoms with E-state index in [0.717, 1.165) is 16.0 Å². The van der Waals surface area contributed by atoms with Gasteiger partial charge in [0, 0.05) is 24.5 Å². The van der Waals surface area contributed by atoms with Crippen LogP contribution < -0.4 is 5.32 Å². The number of aryl methyl sites for hydroxylation is 1. The molecule has 0 saturated carbocycles. The zero-order valence-electron chi connectivity index (χ0n) is 17.4. The van der Waals surface area contributed by atoms with Crippen molar-refractivity contribution in [2.24, 2.45) is 0 Å². The van der Waals surface area contributed by atoms with Gasteiger partial charge in [0.25, 0.3) is 0 Å². The molecular weight excluding hydrogens is 390 g/mol. The predicted octanol–water partition coefficient (Wildman–Crippen LogP) is 2.86. The molecule has 0 fully saturated rings. The molecule has 7 nitrogen and oxygen atoms in total. The van der Waals surface area contributed by atoms with Gasteiger partial charge < -0.3 is 15.0 Å². The number of ether oxygens (including phenoxy) is 1. The van der Waals surface area contributed by atoms with Crippen LogP contribution in [-0.2, 0) is 14.3 Å². The third-order valence-electron chi connectivity index (χ3n) is 4.20. The van der Waals surface area contributed by atoms with Crippen molar-refractivity contribution in [1.82, 2.24) is 9.80 Å². The number of benzene rings is 1. The van der Waals surface area contributed by atoms with Gasteiger partial charge in [-0.1, -0.05) is 30.3 Å². The summed E-state index contributed by atoms with van der Waals surface area (Å²) >= 11 is 1.34. The van der Waals surface area contributed by atoms with Crippen LogP contribution in [-0.4, -0.2) is 68.4 Å². The lowest BCUT2D eigenvalue weighted by Crippen LogP contribution is -2.38. The van der Waals surface area contributed by atoms with Crippen LogP contribution in [0.15, 0.2) is 30.3 Å². The Morgan fingerprint density at radius 1 is 1.07 bits per heavy atom. The van der Waals surface area contributed by atoms with Crippen LogP contribution in [0.3, 0.4) is 0 Å². The molecule has 8 heteroatoms. The fourth-order valence-corrected chi connectivity index (χ4v) is 3.90. The van der Waals surface area contributed by atoms with Crippen molar-refractivity contribution in [2.75, 3.05) is 46.2 Å². The van der Waals surface area contributed by atoms with Gasteiger partial charge in [-0.3, -0.25) is 14.5 Å². The molecule has 0 aliphatic heterocycles. The topological polar surface area (TPSA) is 79.0 Å². The van der Waals surface area contributed by atoms with Gasteiger partial charge in [0.1, 0.15) is 10.6 Å². The number of nitrogens with zero attached hydrogens (tertiary/aromatic N) is 2. The van der Waals surface area contributed by atoms with E-state index in [1.807, 2.05) is 37.3 Å². The summed E-state index contributed by atoms with van der Waals surface area (Å²) in [6.45, 7) is 4.05. The quantitative estimate of drug-likeness (QED) is 0.668. The highest BCUT2D eigenvalue weighted by molar-refractivity contribution is 7.17. The summed E-state index contributed by atoms with van der Waals surface area (Å²) in [6.07, 6.45) is 0. The summed E-state index contributed by atoms with van der Waals surface area (Å²) in [5.41, 5.74) is 2.01. The molecule has 0 aliphatic carbocycles. The standard InChI is InChI=1S/C21H27N3O4S/c1-6-28-21(27)19-18(15-10-8-7-9-11-15)14(2)29-20(19)22-16(25)12-24(5)13-17(26)23(3)4/h7-11H,6,12-13H2,1-5H3,(H,22,25). The molecule has 0 bridgehead atoms. The van der Waals surface area contributed by atoms with Crippen molar-refractivity contribution in [3.8, 4) is 11.1 Å². The molecule has 0 saturated heterocycles. The number of thiophene rings is 1. The van der Waals surface area contributed by atoms with Crippen LogP contribution in [0.1, 0.15) is 22.2 Å². The summed E-state index contributed by atoms with van der Waals surface area (Å²) in [6, 6.07) is 9.55. The Hall–Kier alpha value is -2.71. The van der Waals surface area contributed by atoms with E-state index >= 15 is 0 Å². The number of nitrogens with one attached hydrogen (secondary N) is 1. The zero-order valence-corrected chi connectivity index (χ0v) is 18.3. The van der Waals surface area contributed by atoms with E-state index in [4.69, 9.17) is 4.74 Å². The molecule has 0 spiro atoms. The van der Waals surface area contributed by atoms with Gasteiger partial charge in [-0.05, 0) is 26.5 Å². The van der Waals surface area contributed by atoms with Crippen LogP contribution in [0.5, 0.6) is 0 Å². The average molecular weight is 418 g/mol. The first-order valence-corrected chi connectivity index (χ1v) is 10.1. The Bertz CT molecular complexity index is 878. The Morgan fingerprint density at radius 2 is 1.72 bits per heavy atom. The molecule has 0 radical (unpaired) electrons. The molecule has 0 unspecified atom stereocenters. The molecule has 156 valence electrons. The second-order valence-corrected chi connectivity index (χ2v) is 8.06. The average Bonchev–Trinajstić information content (AvgIpc) is 2.97. The lowest BCUT2D eigenvalue weighted by molar-refractivity contribution is -0.130. The van der Waals surface area contributed by atoms with Gasteiger partial charge in [0.15, 0.2) is 0 Å². The van der Waals surface area contributed by atoms with Gasteiger partial charge in [-0.2, -0.15) is 0 Å². The molecule has 2 amide bonds. The van der Waals surface area contributed by atoms with Crippen molar-refractivity contribution in [1.29, 1.82) is 0 Å². The van der Waals surface area contributed by atoms with E-state index in [1.165, 1.54) is 16.2 Å². The fraction of sp³-hybridized carbons (Fsp3) is 0.381. The lowest BCUT2D eigenvalue weighted by Gasteiger charge is -2.18. The van der Waals surface area contributed by atoms with Crippen LogP contribution in [0, 0.1) is 6.92 Å². The summed E-state index contributed by atoms with van der Waals surface area (Å²) < 4.78 is 5.24. The Balaban J connectivity index is 2.27. The first-order chi connectivity index (χ1) is 13.7. The molecule has 0 aliphatic rings. The number of hydrogen-bond donors (Lipinski definition) is 1. The molecule has 1 aromatic heterocycles.